The van der Waals surface area contributed by atoms with E-state index in [9.17, 15) is 25.1 Å². The van der Waals surface area contributed by atoms with E-state index in [0.29, 0.717) is 60.0 Å². The van der Waals surface area contributed by atoms with Gasteiger partial charge < -0.3 is 49.0 Å². The van der Waals surface area contributed by atoms with Crippen molar-refractivity contribution in [2.24, 2.45) is 22.9 Å². The number of hydrogen-bond donors (Lipinski definition) is 3. The van der Waals surface area contributed by atoms with E-state index in [0.717, 1.165) is 35.1 Å². The molecule has 2 aliphatic carbocycles. The Morgan fingerprint density at radius 3 is 2.39 bits per heavy atom. The molecule has 2 aliphatic heterocycles. The van der Waals surface area contributed by atoms with Crippen molar-refractivity contribution in [2.75, 3.05) is 26.6 Å². The topological polar surface area (TPSA) is 201 Å². The molecule has 16 nitrogen and oxygen atoms in total. The first kappa shape index (κ1) is 51.3. The van der Waals surface area contributed by atoms with Crippen molar-refractivity contribution in [2.45, 2.75) is 102 Å². The van der Waals surface area contributed by atoms with E-state index < -0.39 is 46.2 Å². The molecule has 0 bridgehead atoms. The maximum absolute atomic E-state index is 15.3. The summed E-state index contributed by atoms with van der Waals surface area (Å²) in [7, 11) is 0. The quantitative estimate of drug-likeness (QED) is 0.0235. The second-order valence-corrected chi connectivity index (χ2v) is 19.5. The molecule has 4 aromatic carbocycles. The van der Waals surface area contributed by atoms with Crippen LogP contribution in [0, 0.1) is 27.9 Å². The smallest absolute Gasteiger partial charge is 0.412 e. The molecule has 380 valence electrons. The summed E-state index contributed by atoms with van der Waals surface area (Å²) in [6, 6.07) is 25.4. The number of rotatable bonds is 21. The molecule has 72 heavy (non-hydrogen) atoms. The molecule has 6 atom stereocenters. The molecule has 3 N–H and O–H groups in total. The van der Waals surface area contributed by atoms with Gasteiger partial charge in [0.25, 0.3) is 5.69 Å². The molecule has 0 unspecified atom stereocenters. The summed E-state index contributed by atoms with van der Waals surface area (Å²) in [6.07, 6.45) is 10.6. The number of nitro groups is 1. The maximum atomic E-state index is 15.3. The number of nitrogens with zero attached hydrogens (tertiary/aromatic N) is 3. The molecule has 4 aromatic rings. The number of carbonyl (C=O) groups excluding carboxylic acids is 2. The normalized spacial score (nSPS) is 22.3. The van der Waals surface area contributed by atoms with Crippen LogP contribution < -0.4 is 24.3 Å². The van der Waals surface area contributed by atoms with Gasteiger partial charge in [0.15, 0.2) is 11.5 Å². The Morgan fingerprint density at radius 1 is 0.931 bits per heavy atom. The van der Waals surface area contributed by atoms with Gasteiger partial charge in [0.2, 0.25) is 18.5 Å². The molecular weight excluding hydrogens is 921 g/mol. The summed E-state index contributed by atoms with van der Waals surface area (Å²) in [5.41, 5.74) is 3.67. The van der Waals surface area contributed by atoms with Crippen LogP contribution in [0.1, 0.15) is 93.9 Å². The number of nitro benzene ring substituents is 1. The highest BCUT2D eigenvalue weighted by atomic mass is 16.7. The number of aliphatic hydroxyl groups is 2. The Balaban J connectivity index is 1.31. The van der Waals surface area contributed by atoms with E-state index in [1.165, 1.54) is 18.2 Å². The number of aliphatic hydroxyl groups excluding tert-OH is 2. The molecule has 1 fully saturated rings. The number of benzene rings is 4. The Hall–Kier alpha value is -7.01. The van der Waals surface area contributed by atoms with E-state index in [-0.39, 0.29) is 63.6 Å². The highest BCUT2D eigenvalue weighted by molar-refractivity contribution is 6.03. The third kappa shape index (κ3) is 11.8. The van der Waals surface area contributed by atoms with Crippen LogP contribution in [-0.2, 0) is 27.5 Å². The minimum absolute atomic E-state index is 0.0204. The fraction of sp³-hybridized carbons (Fsp3) is 0.411. The number of non-ortho nitro benzene ring substituents is 1. The lowest BCUT2D eigenvalue weighted by atomic mass is 9.55. The van der Waals surface area contributed by atoms with Crippen LogP contribution in [0.4, 0.5) is 10.5 Å². The van der Waals surface area contributed by atoms with Crippen LogP contribution in [0.2, 0.25) is 0 Å². The number of nitrogens with one attached hydrogen (secondary N) is 1. The summed E-state index contributed by atoms with van der Waals surface area (Å²) in [6.45, 7) is 10.3. The van der Waals surface area contributed by atoms with E-state index in [2.05, 4.69) is 18.0 Å². The van der Waals surface area contributed by atoms with Gasteiger partial charge in [-0.15, -0.1) is 6.58 Å². The first-order chi connectivity index (χ1) is 34.8. The number of allylic oxidation sites excluding steroid dienone is 1. The Bertz CT molecular complexity index is 2660. The van der Waals surface area contributed by atoms with Gasteiger partial charge in [0, 0.05) is 62.4 Å². The fourth-order valence-electron chi connectivity index (χ4n) is 10.4. The Morgan fingerprint density at radius 2 is 1.67 bits per heavy atom. The summed E-state index contributed by atoms with van der Waals surface area (Å²) < 4.78 is 32.0. The van der Waals surface area contributed by atoms with Crippen molar-refractivity contribution in [1.29, 1.82) is 0 Å². The average molecular weight is 985 g/mol. The van der Waals surface area contributed by atoms with Gasteiger partial charge in [-0.1, -0.05) is 66.5 Å². The highest BCUT2D eigenvalue weighted by Crippen LogP contribution is 2.62. The maximum Gasteiger partial charge on any atom is 0.412 e. The first-order valence-electron chi connectivity index (χ1n) is 24.7. The lowest BCUT2D eigenvalue weighted by molar-refractivity contribution is -0.384. The predicted molar refractivity (Wildman–Crippen MR) is 270 cm³/mol. The predicted octanol–water partition coefficient (Wildman–Crippen LogP) is 9.79. The molecule has 0 spiro atoms. The van der Waals surface area contributed by atoms with E-state index in [1.807, 2.05) is 75.4 Å². The summed E-state index contributed by atoms with van der Waals surface area (Å²) >= 11 is 0. The Kier molecular flexibility index (Phi) is 16.4. The number of amides is 2. The second-order valence-electron chi connectivity index (χ2n) is 19.5. The first-order valence-corrected chi connectivity index (χ1v) is 24.7. The number of carbonyl (C=O) groups is 2. The van der Waals surface area contributed by atoms with Gasteiger partial charge in [0.05, 0.1) is 23.2 Å². The van der Waals surface area contributed by atoms with Gasteiger partial charge in [-0.3, -0.25) is 14.9 Å². The van der Waals surface area contributed by atoms with Gasteiger partial charge in [-0.25, -0.2) is 4.79 Å². The van der Waals surface area contributed by atoms with Crippen molar-refractivity contribution in [1.82, 2.24) is 10.2 Å². The minimum Gasteiger partial charge on any atom is -0.459 e. The number of unbranched alkanes of at least 4 members (excludes halogenated alkanes) is 2. The Labute approximate surface area is 420 Å². The number of oxime groups is 1. The lowest BCUT2D eigenvalue weighted by Gasteiger charge is -2.60. The largest absolute Gasteiger partial charge is 0.459 e. The van der Waals surface area contributed by atoms with Crippen LogP contribution in [-0.4, -0.2) is 81.8 Å². The van der Waals surface area contributed by atoms with Crippen LogP contribution in [0.5, 0.6) is 23.0 Å². The molecule has 16 heteroatoms. The summed E-state index contributed by atoms with van der Waals surface area (Å²) in [5.74, 6) is -1.29. The van der Waals surface area contributed by atoms with E-state index in [4.69, 9.17) is 33.7 Å². The fourth-order valence-corrected chi connectivity index (χ4v) is 10.4. The van der Waals surface area contributed by atoms with Gasteiger partial charge in [-0.05, 0) is 129 Å². The molecule has 0 radical (unpaired) electrons. The van der Waals surface area contributed by atoms with Gasteiger partial charge in [0.1, 0.15) is 23.1 Å². The monoisotopic (exact) mass is 984 g/mol. The zero-order chi connectivity index (χ0) is 50.8. The van der Waals surface area contributed by atoms with Crippen molar-refractivity contribution >= 4 is 29.5 Å². The van der Waals surface area contributed by atoms with E-state index in [1.54, 1.807) is 41.3 Å². The summed E-state index contributed by atoms with van der Waals surface area (Å²) in [5, 5.41) is 39.4. The zero-order valence-electron chi connectivity index (χ0n) is 41.1. The van der Waals surface area contributed by atoms with Gasteiger partial charge in [-0.2, -0.15) is 0 Å². The third-order valence-corrected chi connectivity index (χ3v) is 13.5. The van der Waals surface area contributed by atoms with Crippen LogP contribution in [0.25, 0.3) is 6.08 Å². The highest BCUT2D eigenvalue weighted by Gasteiger charge is 2.65. The number of hydrogen-bond acceptors (Lipinski definition) is 13. The van der Waals surface area contributed by atoms with Crippen LogP contribution in [0.15, 0.2) is 127 Å². The van der Waals surface area contributed by atoms with Crippen molar-refractivity contribution in [3.05, 3.63) is 154 Å². The standard InChI is InChI=1S/C56H64N4O12/c1-5-29-69-56-50(59(35-39-19-24-48-49(30-39)68-36-67-48)51(63)26-20-37-17-21-41(22-18-37)60(65)66)33-46(58-72-55(2,3)4)44-31-40(15-9-11-27-61)43(16-10-12-28-62)52(53(44)56)45-32-42(23-25-47(45)71-56)70-54(64)57-34-38-13-7-6-8-14-38/h5-8,13-14,17-26,30-32,40,43,50,52-53,61-62H,1,9-12,15-16,27-29,33-36H2,2-4H3,(H,57,64)/t40-,43+,50-,52+,53+,56+/m0/s1. The molecule has 4 aliphatic rings. The van der Waals surface area contributed by atoms with Crippen LogP contribution >= 0.6 is 0 Å². The van der Waals surface area contributed by atoms with Crippen molar-refractivity contribution < 1.29 is 53.2 Å². The lowest BCUT2D eigenvalue weighted by Crippen LogP contribution is -2.70. The number of ether oxygens (including phenoxy) is 5. The average Bonchev–Trinajstić information content (AvgIpc) is 3.85. The third-order valence-electron chi connectivity index (χ3n) is 13.5. The summed E-state index contributed by atoms with van der Waals surface area (Å²) in [4.78, 5) is 47.8. The molecule has 8 rings (SSSR count). The van der Waals surface area contributed by atoms with Gasteiger partial charge >= 0.3 is 6.09 Å². The van der Waals surface area contributed by atoms with Crippen LogP contribution in [0.3, 0.4) is 0 Å². The molecule has 1 saturated carbocycles. The molecule has 0 aromatic heterocycles. The SMILES string of the molecule is C=CCO[C@@]12Oc3ccc(OC(=O)NCc4ccccc4)cc3[C@H]3[C@H](CCCCO)[C@@H](CCCCO)C=C(C(=NOC(C)(C)C)C[C@@H]1N(Cc1ccc4c(c1)OCO4)C(=O)C=Cc1ccc([N+](=O)[O-])cc1)[C@H]32. The molecule has 0 saturated heterocycles. The molecule has 2 heterocycles. The minimum atomic E-state index is -1.60. The molecular formula is C56H64N4O12. The second kappa shape index (κ2) is 23.0. The van der Waals surface area contributed by atoms with Crippen molar-refractivity contribution in [3.63, 3.8) is 0 Å². The zero-order valence-corrected chi connectivity index (χ0v) is 41.1. The van der Waals surface area contributed by atoms with E-state index >= 15 is 4.79 Å². The molecule has 2 amide bonds. The van der Waals surface area contributed by atoms with Crippen molar-refractivity contribution in [3.8, 4) is 23.0 Å². The number of fused-ring (bicyclic) bond motifs is 3.